The zero-order valence-electron chi connectivity index (χ0n) is 35.8. The summed E-state index contributed by atoms with van der Waals surface area (Å²) in [6.07, 6.45) is 12.2. The highest BCUT2D eigenvalue weighted by molar-refractivity contribution is 8.14. The average Bonchev–Trinajstić information content (AvgIpc) is 3.71. The number of carbonyl (C=O) groups excluding carboxylic acids is 5. The fourth-order valence-corrected chi connectivity index (χ4v) is 13.2. The van der Waals surface area contributed by atoms with E-state index in [-0.39, 0.29) is 63.5 Å². The zero-order chi connectivity index (χ0) is 42.8. The topological polar surface area (TPSA) is 156 Å². The number of nitrogens with one attached hydrogen (secondary N) is 1. The van der Waals surface area contributed by atoms with Gasteiger partial charge in [0.2, 0.25) is 5.91 Å². The van der Waals surface area contributed by atoms with Crippen molar-refractivity contribution in [2.45, 2.75) is 134 Å². The first-order valence-corrected chi connectivity index (χ1v) is 22.8. The van der Waals surface area contributed by atoms with Crippen LogP contribution in [0.4, 0.5) is 5.69 Å². The van der Waals surface area contributed by atoms with E-state index >= 15 is 0 Å². The molecule has 4 aliphatic carbocycles. The number of hydrogen-bond donors (Lipinski definition) is 2. The van der Waals surface area contributed by atoms with Crippen LogP contribution >= 0.6 is 24.2 Å². The molecule has 0 bridgehead atoms. The summed E-state index contributed by atoms with van der Waals surface area (Å²) < 4.78 is 11.3. The van der Waals surface area contributed by atoms with E-state index in [0.717, 1.165) is 56.1 Å². The van der Waals surface area contributed by atoms with Gasteiger partial charge in [0.05, 0.1) is 12.6 Å². The number of aryl methyl sites for hydroxylation is 2. The van der Waals surface area contributed by atoms with Gasteiger partial charge in [-0.05, 0) is 124 Å². The van der Waals surface area contributed by atoms with Crippen molar-refractivity contribution in [3.05, 3.63) is 77.4 Å². The standard InChI is InChI=1S/C24H28N2O5.C24H32O4S.ClH/c1-2-31-24(30)20(14-12-17-8-4-3-5-9-17)25-19-15-13-18-10-6-7-11-21(18)26(23(19)29)16-22(27)28;1-14(25)29-19-13-15-12-16(26)4-8-22(15,2)17-5-9-23(3)18(21(17)19)6-10-24(23)11-7-20(27)28-24;/h3-11,19-20,25H,2,12-16H2,1H3,(H,27,28);12,17-19,21H,4-11,13H2,1-3H3;1H/t19-,20-;17-,18-,19+,21+,22-,23-,24+;/m00./s1. The highest BCUT2D eigenvalue weighted by Gasteiger charge is 2.68. The minimum atomic E-state index is -1.09. The summed E-state index contributed by atoms with van der Waals surface area (Å²) in [4.78, 5) is 75.0. The lowest BCUT2D eigenvalue weighted by Crippen LogP contribution is -2.57. The first-order chi connectivity index (χ1) is 28.7. The van der Waals surface area contributed by atoms with Crippen LogP contribution in [0.25, 0.3) is 0 Å². The van der Waals surface area contributed by atoms with Gasteiger partial charge in [0.1, 0.15) is 18.2 Å². The number of ether oxygens (including phenoxy) is 2. The summed E-state index contributed by atoms with van der Waals surface area (Å²) >= 11 is 1.50. The van der Waals surface area contributed by atoms with E-state index in [9.17, 15) is 33.9 Å². The molecule has 0 unspecified atom stereocenters. The number of hydrogen-bond acceptors (Lipinski definition) is 10. The lowest BCUT2D eigenvalue weighted by Gasteiger charge is -2.61. The lowest BCUT2D eigenvalue weighted by atomic mass is 9.46. The predicted molar refractivity (Wildman–Crippen MR) is 236 cm³/mol. The molecule has 9 atom stereocenters. The number of fused-ring (bicyclic) bond motifs is 7. The number of thioether (sulfide) groups is 1. The predicted octanol–water partition coefficient (Wildman–Crippen LogP) is 7.85. The second kappa shape index (κ2) is 19.2. The fourth-order valence-electron chi connectivity index (χ4n) is 12.0. The quantitative estimate of drug-likeness (QED) is 0.224. The van der Waals surface area contributed by atoms with Crippen LogP contribution < -0.4 is 10.2 Å². The summed E-state index contributed by atoms with van der Waals surface area (Å²) in [6, 6.07) is 15.8. The number of nitrogens with zero attached hydrogens (tertiary/aromatic N) is 1. The molecule has 2 N–H and O–H groups in total. The Hall–Kier alpha value is -4.00. The third kappa shape index (κ3) is 9.37. The molecule has 61 heavy (non-hydrogen) atoms. The van der Waals surface area contributed by atoms with E-state index < -0.39 is 30.6 Å². The number of carboxylic acids is 1. The van der Waals surface area contributed by atoms with E-state index in [1.807, 2.05) is 48.5 Å². The number of aliphatic carboxylic acids is 1. The number of allylic oxidation sites excluding steroid dienone is 1. The number of carbonyl (C=O) groups is 6. The van der Waals surface area contributed by atoms with Crippen LogP contribution in [0.3, 0.4) is 0 Å². The SMILES string of the molecule is CC(=O)S[C@@H]1CC2=CC(=O)CC[C@]2(C)[C@H]2CC[C@@]3(C)[C@@H](CC[C@@]34CCC(=O)O4)[C@H]12.CCOC(=O)[C@H](CCc1ccccc1)N[C@H]1CCc2ccccc2N(CC(=O)O)C1=O.Cl. The maximum absolute atomic E-state index is 13.3. The van der Waals surface area contributed by atoms with Gasteiger partial charge in [0, 0.05) is 36.1 Å². The first-order valence-electron chi connectivity index (χ1n) is 21.9. The fraction of sp³-hybridized carbons (Fsp3) is 0.583. The second-order valence-electron chi connectivity index (χ2n) is 18.2. The Morgan fingerprint density at radius 2 is 1.66 bits per heavy atom. The van der Waals surface area contributed by atoms with Crippen LogP contribution in [-0.4, -0.2) is 75.9 Å². The van der Waals surface area contributed by atoms with Crippen molar-refractivity contribution in [2.75, 3.05) is 18.1 Å². The van der Waals surface area contributed by atoms with Gasteiger partial charge in [-0.1, -0.05) is 79.7 Å². The van der Waals surface area contributed by atoms with Gasteiger partial charge in [0.25, 0.3) is 0 Å². The number of benzene rings is 2. The third-order valence-corrected chi connectivity index (χ3v) is 16.1. The van der Waals surface area contributed by atoms with Gasteiger partial charge in [-0.3, -0.25) is 39.0 Å². The van der Waals surface area contributed by atoms with E-state index in [4.69, 9.17) is 9.47 Å². The van der Waals surface area contributed by atoms with Crippen molar-refractivity contribution in [1.82, 2.24) is 5.32 Å². The summed E-state index contributed by atoms with van der Waals surface area (Å²) in [5, 5.41) is 12.9. The normalized spacial score (nSPS) is 31.7. The molecule has 2 aromatic rings. The third-order valence-electron chi connectivity index (χ3n) is 15.0. The van der Waals surface area contributed by atoms with E-state index in [1.54, 1.807) is 26.0 Å². The number of carboxylic acid groups (broad SMARTS) is 1. The Bertz CT molecular complexity index is 2030. The Morgan fingerprint density at radius 1 is 0.934 bits per heavy atom. The Balaban J connectivity index is 0.000000201. The van der Waals surface area contributed by atoms with Gasteiger partial charge in [-0.2, -0.15) is 0 Å². The van der Waals surface area contributed by atoms with Crippen LogP contribution in [0, 0.1) is 28.6 Å². The minimum Gasteiger partial charge on any atom is -0.480 e. The molecular formula is C48H61ClN2O9S. The van der Waals surface area contributed by atoms with E-state index in [2.05, 4.69) is 19.2 Å². The Morgan fingerprint density at radius 3 is 2.34 bits per heavy atom. The first kappa shape index (κ1) is 46.5. The van der Waals surface area contributed by atoms with Gasteiger partial charge in [0.15, 0.2) is 10.9 Å². The molecule has 8 rings (SSSR count). The molecule has 3 saturated carbocycles. The number of rotatable bonds is 10. The van der Waals surface area contributed by atoms with Crippen molar-refractivity contribution in [2.24, 2.45) is 28.6 Å². The molecule has 330 valence electrons. The molecule has 11 nitrogen and oxygen atoms in total. The molecule has 2 aromatic carbocycles. The van der Waals surface area contributed by atoms with Crippen LogP contribution in [0.2, 0.25) is 0 Å². The highest BCUT2D eigenvalue weighted by Crippen LogP contribution is 2.70. The van der Waals surface area contributed by atoms with Gasteiger partial charge < -0.3 is 14.6 Å². The Kier molecular flexibility index (Phi) is 14.6. The molecule has 6 aliphatic rings. The number of anilines is 1. The van der Waals surface area contributed by atoms with Gasteiger partial charge in [-0.15, -0.1) is 12.4 Å². The smallest absolute Gasteiger partial charge is 0.323 e. The molecule has 2 aliphatic heterocycles. The molecular weight excluding hydrogens is 816 g/mol. The van der Waals surface area contributed by atoms with Crippen molar-refractivity contribution < 1.29 is 43.3 Å². The van der Waals surface area contributed by atoms with Crippen molar-refractivity contribution >= 4 is 64.6 Å². The molecule has 1 saturated heterocycles. The molecule has 0 radical (unpaired) electrons. The second-order valence-corrected chi connectivity index (χ2v) is 19.6. The minimum absolute atomic E-state index is 0. The summed E-state index contributed by atoms with van der Waals surface area (Å²) in [5.74, 6) is -0.167. The average molecular weight is 878 g/mol. The maximum Gasteiger partial charge on any atom is 0.323 e. The summed E-state index contributed by atoms with van der Waals surface area (Å²) in [6.45, 7) is 7.98. The van der Waals surface area contributed by atoms with Crippen LogP contribution in [-0.2, 0) is 51.1 Å². The van der Waals surface area contributed by atoms with Crippen LogP contribution in [0.5, 0.6) is 0 Å². The summed E-state index contributed by atoms with van der Waals surface area (Å²) in [7, 11) is 0. The monoisotopic (exact) mass is 876 g/mol. The lowest BCUT2D eigenvalue weighted by molar-refractivity contribution is -0.167. The van der Waals surface area contributed by atoms with E-state index in [1.165, 1.54) is 22.2 Å². The molecule has 1 amide bonds. The summed E-state index contributed by atoms with van der Waals surface area (Å²) in [5.41, 5.74) is 3.70. The van der Waals surface area contributed by atoms with Crippen LogP contribution in [0.1, 0.15) is 109 Å². The van der Waals surface area contributed by atoms with Crippen molar-refractivity contribution in [1.29, 1.82) is 0 Å². The van der Waals surface area contributed by atoms with Crippen molar-refractivity contribution in [3.8, 4) is 0 Å². The molecule has 4 fully saturated rings. The maximum atomic E-state index is 13.3. The number of esters is 2. The van der Waals surface area contributed by atoms with Crippen LogP contribution in [0.15, 0.2) is 66.2 Å². The van der Waals surface area contributed by atoms with Gasteiger partial charge >= 0.3 is 17.9 Å². The zero-order valence-corrected chi connectivity index (χ0v) is 37.5. The number of ketones is 1. The molecule has 1 spiro atoms. The molecule has 0 aromatic heterocycles. The largest absolute Gasteiger partial charge is 0.480 e. The molecule has 13 heteroatoms. The van der Waals surface area contributed by atoms with Gasteiger partial charge in [-0.25, -0.2) is 0 Å². The molecule has 2 heterocycles. The number of amides is 1. The number of halogens is 1. The Labute approximate surface area is 369 Å². The number of para-hydroxylation sites is 1. The highest BCUT2D eigenvalue weighted by atomic mass is 35.5. The van der Waals surface area contributed by atoms with Crippen molar-refractivity contribution in [3.63, 3.8) is 0 Å². The van der Waals surface area contributed by atoms with E-state index in [0.29, 0.717) is 62.0 Å².